The number of unbranched alkanes of at least 4 members (excludes halogenated alkanes) is 1. The number of para-hydroxylation sites is 1. The van der Waals surface area contributed by atoms with Gasteiger partial charge in [0.15, 0.2) is 0 Å². The average molecular weight is 371 g/mol. The molecule has 3 aromatic rings. The van der Waals surface area contributed by atoms with E-state index < -0.39 is 0 Å². The van der Waals surface area contributed by atoms with E-state index in [4.69, 9.17) is 4.42 Å². The number of aryl methyl sites for hydroxylation is 2. The van der Waals surface area contributed by atoms with E-state index in [1.54, 1.807) is 0 Å². The van der Waals surface area contributed by atoms with Crippen LogP contribution in [0.3, 0.4) is 0 Å². The molecule has 0 fully saturated rings. The second-order valence-electron chi connectivity index (χ2n) is 5.70. The first-order valence-corrected chi connectivity index (χ1v) is 9.69. The molecule has 0 bridgehead atoms. The van der Waals surface area contributed by atoms with Crippen LogP contribution < -0.4 is 14.4 Å². The molecule has 2 aromatic carbocycles. The molecule has 0 N–H and O–H groups in total. The van der Waals surface area contributed by atoms with Crippen molar-refractivity contribution in [1.82, 2.24) is 0 Å². The predicted molar refractivity (Wildman–Crippen MR) is 97.3 cm³/mol. The number of fused-ring (bicyclic) bond motifs is 1. The summed E-state index contributed by atoms with van der Waals surface area (Å²) in [6.45, 7) is 4.23. The maximum atomic E-state index is 12.9. The van der Waals surface area contributed by atoms with Crippen molar-refractivity contribution in [3.8, 4) is 0 Å². The fourth-order valence-electron chi connectivity index (χ4n) is 2.50. The molecule has 0 atom stereocenters. The molecule has 0 unspecified atom stereocenters. The molecule has 1 heterocycles. The van der Waals surface area contributed by atoms with Gasteiger partial charge in [-0.2, -0.15) is 0 Å². The summed E-state index contributed by atoms with van der Waals surface area (Å²) < 4.78 is 8.17. The van der Waals surface area contributed by atoms with Gasteiger partial charge in [0.25, 0.3) is 0 Å². The summed E-state index contributed by atoms with van der Waals surface area (Å²) in [6.07, 6.45) is 2.96. The van der Waals surface area contributed by atoms with E-state index in [0.717, 1.165) is 29.5 Å². The van der Waals surface area contributed by atoms with Crippen molar-refractivity contribution < 1.29 is 4.42 Å². The van der Waals surface area contributed by atoms with E-state index in [9.17, 15) is 4.79 Å². The number of hydrogen-bond donors (Lipinski definition) is 0. The van der Waals surface area contributed by atoms with Crippen LogP contribution in [0.2, 0.25) is 0 Å². The van der Waals surface area contributed by atoms with Crippen molar-refractivity contribution in [2.45, 2.75) is 33.1 Å². The van der Waals surface area contributed by atoms with Gasteiger partial charge < -0.3 is 0 Å². The van der Waals surface area contributed by atoms with Gasteiger partial charge in [-0.1, -0.05) is 0 Å². The molecule has 0 radical (unpaired) electrons. The molecule has 0 aliphatic heterocycles. The molecule has 1 aromatic heterocycles. The fraction of sp³-hybridized carbons (Fsp3) is 0.250. The van der Waals surface area contributed by atoms with Crippen molar-refractivity contribution in [2.24, 2.45) is 0 Å². The van der Waals surface area contributed by atoms with Gasteiger partial charge in [0.1, 0.15) is 0 Å². The van der Waals surface area contributed by atoms with Gasteiger partial charge in [-0.25, -0.2) is 0 Å². The number of benzene rings is 2. The van der Waals surface area contributed by atoms with Gasteiger partial charge in [0.2, 0.25) is 0 Å². The molecule has 3 heteroatoms. The van der Waals surface area contributed by atoms with E-state index in [1.165, 1.54) is 10.0 Å². The summed E-state index contributed by atoms with van der Waals surface area (Å²) in [5, 5.41) is 0.691. The molecule has 0 aliphatic carbocycles. The summed E-state index contributed by atoms with van der Waals surface area (Å²) in [5.74, 6) is 0.871. The molecule has 118 valence electrons. The zero-order valence-electron chi connectivity index (χ0n) is 13.5. The average Bonchev–Trinajstić information content (AvgIpc) is 2.57. The third-order valence-corrected chi connectivity index (χ3v) is 6.18. The SMILES string of the molecule is CCCCc1oc2ccccc2c(=O)c1[Se]c1ccc(C)cc1. The van der Waals surface area contributed by atoms with Crippen molar-refractivity contribution >= 4 is 34.8 Å². The van der Waals surface area contributed by atoms with Crippen LogP contribution in [0.1, 0.15) is 31.1 Å². The van der Waals surface area contributed by atoms with Gasteiger partial charge in [-0.15, -0.1) is 0 Å². The summed E-state index contributed by atoms with van der Waals surface area (Å²) in [5.41, 5.74) is 2.08. The molecule has 0 aliphatic rings. The Bertz CT molecular complexity index is 863. The Kier molecular flexibility index (Phi) is 5.00. The van der Waals surface area contributed by atoms with Crippen LogP contribution in [0.25, 0.3) is 11.0 Å². The van der Waals surface area contributed by atoms with Crippen LogP contribution >= 0.6 is 0 Å². The second-order valence-corrected chi connectivity index (χ2v) is 7.97. The fourth-order valence-corrected chi connectivity index (χ4v) is 4.53. The van der Waals surface area contributed by atoms with Gasteiger partial charge in [-0.3, -0.25) is 0 Å². The number of hydrogen-bond acceptors (Lipinski definition) is 2. The Balaban J connectivity index is 2.09. The van der Waals surface area contributed by atoms with E-state index in [-0.39, 0.29) is 20.4 Å². The summed E-state index contributed by atoms with van der Waals surface area (Å²) in [7, 11) is 0. The van der Waals surface area contributed by atoms with Gasteiger partial charge in [0, 0.05) is 0 Å². The third kappa shape index (κ3) is 3.57. The van der Waals surface area contributed by atoms with Crippen LogP contribution in [0.4, 0.5) is 0 Å². The van der Waals surface area contributed by atoms with Crippen molar-refractivity contribution in [3.63, 3.8) is 0 Å². The normalized spacial score (nSPS) is 11.0. The van der Waals surface area contributed by atoms with E-state index in [2.05, 4.69) is 38.1 Å². The van der Waals surface area contributed by atoms with Crippen LogP contribution in [0.15, 0.2) is 57.7 Å². The first-order valence-electron chi connectivity index (χ1n) is 7.98. The van der Waals surface area contributed by atoms with Crippen LogP contribution in [0.5, 0.6) is 0 Å². The zero-order chi connectivity index (χ0) is 16.2. The Labute approximate surface area is 142 Å². The molecule has 3 rings (SSSR count). The zero-order valence-corrected chi connectivity index (χ0v) is 15.2. The van der Waals surface area contributed by atoms with Gasteiger partial charge in [0.05, 0.1) is 0 Å². The van der Waals surface area contributed by atoms with E-state index >= 15 is 0 Å². The standard InChI is InChI=1S/C20H20O2Se/c1-3-4-8-18-20(23-15-12-10-14(2)11-13-15)19(21)16-7-5-6-9-17(16)22-18/h5-7,9-13H,3-4,8H2,1-2H3. The molecular formula is C20H20O2Se. The Hall–Kier alpha value is -1.83. The minimum absolute atomic E-state index is 0.0264. The van der Waals surface area contributed by atoms with Crippen LogP contribution in [-0.4, -0.2) is 15.0 Å². The monoisotopic (exact) mass is 372 g/mol. The van der Waals surface area contributed by atoms with E-state index in [1.807, 2.05) is 24.3 Å². The minimum atomic E-state index is -0.0264. The third-order valence-electron chi connectivity index (χ3n) is 3.82. The quantitative estimate of drug-likeness (QED) is 0.646. The Morgan fingerprint density at radius 1 is 1.04 bits per heavy atom. The molecule has 0 saturated carbocycles. The molecule has 23 heavy (non-hydrogen) atoms. The van der Waals surface area contributed by atoms with Crippen molar-refractivity contribution in [2.75, 3.05) is 0 Å². The van der Waals surface area contributed by atoms with Gasteiger partial charge in [-0.05, 0) is 0 Å². The predicted octanol–water partition coefficient (Wildman–Crippen LogP) is 3.10. The van der Waals surface area contributed by atoms with Crippen molar-refractivity contribution in [3.05, 3.63) is 70.1 Å². The number of rotatable bonds is 5. The molecule has 2 nitrogen and oxygen atoms in total. The van der Waals surface area contributed by atoms with Crippen molar-refractivity contribution in [1.29, 1.82) is 0 Å². The first-order chi connectivity index (χ1) is 11.2. The first kappa shape index (κ1) is 16.0. The molecule has 0 spiro atoms. The second kappa shape index (κ2) is 7.16. The topological polar surface area (TPSA) is 30.2 Å². The van der Waals surface area contributed by atoms with Crippen LogP contribution in [0, 0.1) is 6.92 Å². The van der Waals surface area contributed by atoms with Crippen LogP contribution in [-0.2, 0) is 6.42 Å². The Morgan fingerprint density at radius 2 is 1.78 bits per heavy atom. The Morgan fingerprint density at radius 3 is 2.52 bits per heavy atom. The summed E-state index contributed by atoms with van der Waals surface area (Å²) in [6, 6.07) is 16.0. The molecule has 0 saturated heterocycles. The van der Waals surface area contributed by atoms with Gasteiger partial charge >= 0.3 is 142 Å². The summed E-state index contributed by atoms with van der Waals surface area (Å²) in [4.78, 5) is 12.9. The maximum absolute atomic E-state index is 12.9. The summed E-state index contributed by atoms with van der Waals surface area (Å²) >= 11 is -0.0264. The van der Waals surface area contributed by atoms with E-state index in [0.29, 0.717) is 11.0 Å². The molecule has 0 amide bonds. The molecular weight excluding hydrogens is 351 g/mol.